The monoisotopic (exact) mass is 267 g/mol. The Bertz CT molecular complexity index is 417. The predicted molar refractivity (Wildman–Crippen MR) is 73.9 cm³/mol. The lowest BCUT2D eigenvalue weighted by Gasteiger charge is -2.31. The molecule has 2 heterocycles. The van der Waals surface area contributed by atoms with Crippen LogP contribution in [0.2, 0.25) is 0 Å². The van der Waals surface area contributed by atoms with Crippen LogP contribution in [0.15, 0.2) is 0 Å². The van der Waals surface area contributed by atoms with Crippen LogP contribution in [0.5, 0.6) is 0 Å². The molecule has 0 bridgehead atoms. The van der Waals surface area contributed by atoms with Gasteiger partial charge in [-0.25, -0.2) is 0 Å². The first-order chi connectivity index (χ1) is 9.15. The van der Waals surface area contributed by atoms with Crippen LogP contribution >= 0.6 is 0 Å². The molecular weight excluding hydrogens is 242 g/mol. The van der Waals surface area contributed by atoms with E-state index in [-0.39, 0.29) is 13.2 Å². The molecule has 0 amide bonds. The van der Waals surface area contributed by atoms with Crippen LogP contribution in [0, 0.1) is 19.8 Å². The van der Waals surface area contributed by atoms with Crippen molar-refractivity contribution in [1.82, 2.24) is 14.7 Å². The van der Waals surface area contributed by atoms with Gasteiger partial charge in [0.05, 0.1) is 18.8 Å². The van der Waals surface area contributed by atoms with Crippen molar-refractivity contribution in [2.75, 3.05) is 26.3 Å². The van der Waals surface area contributed by atoms with Gasteiger partial charge in [-0.2, -0.15) is 5.10 Å². The van der Waals surface area contributed by atoms with E-state index in [4.69, 9.17) is 5.11 Å². The lowest BCUT2D eigenvalue weighted by Crippen LogP contribution is -2.36. The molecule has 5 heteroatoms. The highest BCUT2D eigenvalue weighted by Crippen LogP contribution is 2.21. The standard InChI is InChI=1S/C14H25N3O2/c1-11-14(12(2)17(15-11)6-7-18)9-16-5-3-4-13(8-16)10-19/h13,18-19H,3-10H2,1-2H3. The van der Waals surface area contributed by atoms with Gasteiger partial charge >= 0.3 is 0 Å². The molecule has 1 fully saturated rings. The Labute approximate surface area is 114 Å². The lowest BCUT2D eigenvalue weighted by molar-refractivity contribution is 0.115. The van der Waals surface area contributed by atoms with Crippen LogP contribution in [-0.4, -0.2) is 51.2 Å². The molecule has 1 aliphatic heterocycles. The normalized spacial score (nSPS) is 20.9. The molecule has 108 valence electrons. The number of rotatable bonds is 5. The maximum atomic E-state index is 9.29. The van der Waals surface area contributed by atoms with Crippen LogP contribution in [0.4, 0.5) is 0 Å². The largest absolute Gasteiger partial charge is 0.396 e. The molecule has 1 aromatic rings. The Balaban J connectivity index is 2.06. The molecular formula is C14H25N3O2. The Morgan fingerprint density at radius 3 is 2.79 bits per heavy atom. The van der Waals surface area contributed by atoms with E-state index < -0.39 is 0 Å². The molecule has 0 radical (unpaired) electrons. The molecule has 2 N–H and O–H groups in total. The zero-order valence-electron chi connectivity index (χ0n) is 12.0. The van der Waals surface area contributed by atoms with E-state index in [0.717, 1.165) is 43.9 Å². The van der Waals surface area contributed by atoms with Crippen molar-refractivity contribution in [3.8, 4) is 0 Å². The third-order valence-electron chi connectivity index (χ3n) is 4.09. The molecule has 1 aromatic heterocycles. The molecule has 0 spiro atoms. The van der Waals surface area contributed by atoms with E-state index in [1.807, 2.05) is 11.6 Å². The summed E-state index contributed by atoms with van der Waals surface area (Å²) in [5, 5.41) is 22.8. The Morgan fingerprint density at radius 1 is 1.32 bits per heavy atom. The smallest absolute Gasteiger partial charge is 0.0644 e. The summed E-state index contributed by atoms with van der Waals surface area (Å²) in [7, 11) is 0. The van der Waals surface area contributed by atoms with E-state index in [0.29, 0.717) is 12.5 Å². The fourth-order valence-electron chi connectivity index (χ4n) is 2.94. The second-order valence-electron chi connectivity index (χ2n) is 5.52. The summed E-state index contributed by atoms with van der Waals surface area (Å²) in [6.07, 6.45) is 2.29. The van der Waals surface area contributed by atoms with Gasteiger partial charge in [-0.1, -0.05) is 0 Å². The second kappa shape index (κ2) is 6.50. The second-order valence-corrected chi connectivity index (χ2v) is 5.52. The predicted octanol–water partition coefficient (Wildman–Crippen LogP) is 0.697. The van der Waals surface area contributed by atoms with E-state index in [2.05, 4.69) is 16.9 Å². The first-order valence-corrected chi connectivity index (χ1v) is 7.12. The molecule has 1 unspecified atom stereocenters. The third-order valence-corrected chi connectivity index (χ3v) is 4.09. The Hall–Kier alpha value is -0.910. The molecule has 0 aromatic carbocycles. The minimum atomic E-state index is 0.123. The van der Waals surface area contributed by atoms with Crippen molar-refractivity contribution in [2.24, 2.45) is 5.92 Å². The van der Waals surface area contributed by atoms with E-state index in [1.54, 1.807) is 0 Å². The summed E-state index contributed by atoms with van der Waals surface area (Å²) in [4.78, 5) is 2.41. The van der Waals surface area contributed by atoms with Gasteiger partial charge in [-0.15, -0.1) is 0 Å². The highest BCUT2D eigenvalue weighted by Gasteiger charge is 2.21. The fraction of sp³-hybridized carbons (Fsp3) is 0.786. The minimum Gasteiger partial charge on any atom is -0.396 e. The number of nitrogens with zero attached hydrogens (tertiary/aromatic N) is 3. The van der Waals surface area contributed by atoms with Gasteiger partial charge in [0.15, 0.2) is 0 Å². The highest BCUT2D eigenvalue weighted by atomic mass is 16.3. The van der Waals surface area contributed by atoms with E-state index in [1.165, 1.54) is 5.56 Å². The summed E-state index contributed by atoms with van der Waals surface area (Å²) in [6.45, 7) is 8.05. The summed E-state index contributed by atoms with van der Waals surface area (Å²) in [6, 6.07) is 0. The Morgan fingerprint density at radius 2 is 2.11 bits per heavy atom. The average Bonchev–Trinajstić information content (AvgIpc) is 2.67. The fourth-order valence-corrected chi connectivity index (χ4v) is 2.94. The number of aliphatic hydroxyl groups is 2. The third kappa shape index (κ3) is 3.35. The van der Waals surface area contributed by atoms with Crippen LogP contribution in [-0.2, 0) is 13.1 Å². The van der Waals surface area contributed by atoms with Crippen LogP contribution in [0.25, 0.3) is 0 Å². The number of piperidine rings is 1. The van der Waals surface area contributed by atoms with Crippen molar-refractivity contribution < 1.29 is 10.2 Å². The van der Waals surface area contributed by atoms with Crippen molar-refractivity contribution in [3.63, 3.8) is 0 Å². The summed E-state index contributed by atoms with van der Waals surface area (Å²) < 4.78 is 1.89. The summed E-state index contributed by atoms with van der Waals surface area (Å²) >= 11 is 0. The molecule has 0 saturated carbocycles. The van der Waals surface area contributed by atoms with Crippen LogP contribution in [0.1, 0.15) is 29.8 Å². The molecule has 2 rings (SSSR count). The highest BCUT2D eigenvalue weighted by molar-refractivity contribution is 5.24. The number of hydrogen-bond acceptors (Lipinski definition) is 4. The van der Waals surface area contributed by atoms with Crippen molar-refractivity contribution in [1.29, 1.82) is 0 Å². The zero-order valence-corrected chi connectivity index (χ0v) is 12.0. The SMILES string of the molecule is Cc1nn(CCO)c(C)c1CN1CCCC(CO)C1. The van der Waals surface area contributed by atoms with Crippen LogP contribution < -0.4 is 0 Å². The van der Waals surface area contributed by atoms with Gasteiger partial charge in [0.1, 0.15) is 0 Å². The van der Waals surface area contributed by atoms with Gasteiger partial charge in [0.2, 0.25) is 0 Å². The molecule has 0 aliphatic carbocycles. The van der Waals surface area contributed by atoms with Gasteiger partial charge in [0, 0.05) is 31.0 Å². The Kier molecular flexibility index (Phi) is 4.96. The molecule has 19 heavy (non-hydrogen) atoms. The van der Waals surface area contributed by atoms with E-state index in [9.17, 15) is 5.11 Å². The zero-order chi connectivity index (χ0) is 13.8. The maximum Gasteiger partial charge on any atom is 0.0644 e. The summed E-state index contributed by atoms with van der Waals surface area (Å²) in [5.41, 5.74) is 3.47. The van der Waals surface area contributed by atoms with Gasteiger partial charge in [-0.3, -0.25) is 9.58 Å². The number of aromatic nitrogens is 2. The average molecular weight is 267 g/mol. The molecule has 1 saturated heterocycles. The number of aliphatic hydroxyl groups excluding tert-OH is 2. The van der Waals surface area contributed by atoms with Gasteiger partial charge < -0.3 is 10.2 Å². The van der Waals surface area contributed by atoms with Gasteiger partial charge in [-0.05, 0) is 39.2 Å². The van der Waals surface area contributed by atoms with Gasteiger partial charge in [0.25, 0.3) is 0 Å². The number of aryl methyl sites for hydroxylation is 1. The van der Waals surface area contributed by atoms with Crippen molar-refractivity contribution >= 4 is 0 Å². The topological polar surface area (TPSA) is 61.5 Å². The lowest BCUT2D eigenvalue weighted by atomic mass is 9.98. The minimum absolute atomic E-state index is 0.123. The molecule has 1 atom stereocenters. The first-order valence-electron chi connectivity index (χ1n) is 7.12. The van der Waals surface area contributed by atoms with Crippen molar-refractivity contribution in [2.45, 2.75) is 39.8 Å². The van der Waals surface area contributed by atoms with E-state index >= 15 is 0 Å². The van der Waals surface area contributed by atoms with Crippen LogP contribution in [0.3, 0.4) is 0 Å². The maximum absolute atomic E-state index is 9.29. The summed E-state index contributed by atoms with van der Waals surface area (Å²) in [5.74, 6) is 0.418. The van der Waals surface area contributed by atoms with Crippen molar-refractivity contribution in [3.05, 3.63) is 17.0 Å². The molecule has 1 aliphatic rings. The quantitative estimate of drug-likeness (QED) is 0.824. The number of hydrogen-bond donors (Lipinski definition) is 2. The molecule has 5 nitrogen and oxygen atoms in total. The number of likely N-dealkylation sites (tertiary alicyclic amines) is 1. The first kappa shape index (κ1) is 14.5.